The minimum atomic E-state index is 0.400. The predicted molar refractivity (Wildman–Crippen MR) is 91.9 cm³/mol. The maximum absolute atomic E-state index is 10.8. The van der Waals surface area contributed by atoms with Crippen molar-refractivity contribution >= 4 is 6.29 Å². The van der Waals surface area contributed by atoms with Crippen molar-refractivity contribution in [3.8, 4) is 22.8 Å². The summed E-state index contributed by atoms with van der Waals surface area (Å²) >= 11 is 0. The van der Waals surface area contributed by atoms with E-state index in [9.17, 15) is 4.79 Å². The van der Waals surface area contributed by atoms with Gasteiger partial charge in [-0.2, -0.15) is 10.1 Å². The number of rotatable bonds is 7. The molecule has 7 nitrogen and oxygen atoms in total. The van der Waals surface area contributed by atoms with E-state index in [1.54, 1.807) is 37.6 Å². The molecule has 0 aliphatic carbocycles. The summed E-state index contributed by atoms with van der Waals surface area (Å²) in [6.07, 6.45) is 2.52. The smallest absolute Gasteiger partial charge is 0.261 e. The third kappa shape index (κ3) is 3.66. The lowest BCUT2D eigenvalue weighted by molar-refractivity contribution is 0.112. The first-order chi connectivity index (χ1) is 12.1. The molecule has 0 saturated carbocycles. The summed E-state index contributed by atoms with van der Waals surface area (Å²) in [6, 6.07) is 7.01. The van der Waals surface area contributed by atoms with Crippen LogP contribution in [0.2, 0.25) is 0 Å². The number of aldehydes is 1. The lowest BCUT2D eigenvalue weighted by Crippen LogP contribution is -2.10. The van der Waals surface area contributed by atoms with Crippen molar-refractivity contribution < 1.29 is 14.1 Å². The first kappa shape index (κ1) is 17.0. The fourth-order valence-corrected chi connectivity index (χ4v) is 2.54. The fourth-order valence-electron chi connectivity index (χ4n) is 2.54. The molecule has 25 heavy (non-hydrogen) atoms. The van der Waals surface area contributed by atoms with Crippen molar-refractivity contribution in [1.29, 1.82) is 0 Å². The Kier molecular flexibility index (Phi) is 5.04. The van der Waals surface area contributed by atoms with Crippen LogP contribution < -0.4 is 0 Å². The van der Waals surface area contributed by atoms with E-state index in [1.165, 1.54) is 0 Å². The first-order valence-corrected chi connectivity index (χ1v) is 8.05. The Morgan fingerprint density at radius 2 is 2.04 bits per heavy atom. The molecule has 3 aromatic rings. The van der Waals surface area contributed by atoms with Gasteiger partial charge in [-0.3, -0.25) is 9.48 Å². The van der Waals surface area contributed by atoms with E-state index < -0.39 is 0 Å². The molecule has 0 fully saturated rings. The minimum Gasteiger partial charge on any atom is -0.378 e. The van der Waals surface area contributed by atoms with Crippen molar-refractivity contribution in [3.05, 3.63) is 41.7 Å². The van der Waals surface area contributed by atoms with E-state index in [0.717, 1.165) is 29.7 Å². The Balaban J connectivity index is 1.93. The molecule has 7 heteroatoms. The Morgan fingerprint density at radius 1 is 1.28 bits per heavy atom. The van der Waals surface area contributed by atoms with E-state index >= 15 is 0 Å². The summed E-state index contributed by atoms with van der Waals surface area (Å²) in [7, 11) is 1.64. The molecule has 2 aromatic heterocycles. The number of ether oxygens (including phenoxy) is 1. The fraction of sp³-hybridized carbons (Fsp3) is 0.333. The van der Waals surface area contributed by atoms with Gasteiger partial charge in [-0.05, 0) is 5.92 Å². The topological polar surface area (TPSA) is 83.0 Å². The van der Waals surface area contributed by atoms with Crippen LogP contribution in [0.5, 0.6) is 0 Å². The van der Waals surface area contributed by atoms with Gasteiger partial charge in [0.1, 0.15) is 6.29 Å². The number of benzene rings is 1. The average molecular weight is 340 g/mol. The molecule has 3 rings (SSSR count). The summed E-state index contributed by atoms with van der Waals surface area (Å²) in [5.74, 6) is 1.32. The Morgan fingerprint density at radius 3 is 2.68 bits per heavy atom. The van der Waals surface area contributed by atoms with E-state index in [0.29, 0.717) is 29.8 Å². The second kappa shape index (κ2) is 7.40. The zero-order valence-electron chi connectivity index (χ0n) is 14.5. The molecule has 0 bridgehead atoms. The van der Waals surface area contributed by atoms with Crippen molar-refractivity contribution in [2.45, 2.75) is 27.0 Å². The highest BCUT2D eigenvalue weighted by Gasteiger charge is 2.19. The molecule has 1 aromatic carbocycles. The van der Waals surface area contributed by atoms with Crippen molar-refractivity contribution in [2.24, 2.45) is 5.92 Å². The van der Waals surface area contributed by atoms with Crippen LogP contribution in [0.15, 0.2) is 35.0 Å². The Bertz CT molecular complexity index is 850. The lowest BCUT2D eigenvalue weighted by atomic mass is 10.1. The van der Waals surface area contributed by atoms with E-state index in [4.69, 9.17) is 9.26 Å². The van der Waals surface area contributed by atoms with Gasteiger partial charge in [0.25, 0.3) is 5.89 Å². The van der Waals surface area contributed by atoms with Crippen LogP contribution in [0, 0.1) is 5.92 Å². The third-order valence-electron chi connectivity index (χ3n) is 3.73. The molecule has 130 valence electrons. The highest BCUT2D eigenvalue weighted by Crippen LogP contribution is 2.26. The number of nitrogens with zero attached hydrogens (tertiary/aromatic N) is 4. The second-order valence-corrected chi connectivity index (χ2v) is 6.18. The maximum atomic E-state index is 10.8. The molecule has 0 aliphatic heterocycles. The summed E-state index contributed by atoms with van der Waals surface area (Å²) in [6.45, 7) is 5.46. The molecule has 0 saturated heterocycles. The minimum absolute atomic E-state index is 0.400. The van der Waals surface area contributed by atoms with Crippen LogP contribution in [0.1, 0.15) is 29.9 Å². The van der Waals surface area contributed by atoms with Crippen LogP contribution in [-0.4, -0.2) is 33.3 Å². The normalized spacial score (nSPS) is 11.2. The van der Waals surface area contributed by atoms with Crippen LogP contribution in [0.25, 0.3) is 22.8 Å². The molecular weight excluding hydrogens is 320 g/mol. The van der Waals surface area contributed by atoms with E-state index in [-0.39, 0.29) is 0 Å². The Hall–Kier alpha value is -2.80. The van der Waals surface area contributed by atoms with Gasteiger partial charge in [0.15, 0.2) is 0 Å². The zero-order chi connectivity index (χ0) is 17.8. The van der Waals surface area contributed by atoms with Gasteiger partial charge in [0.2, 0.25) is 5.82 Å². The van der Waals surface area contributed by atoms with Gasteiger partial charge in [-0.1, -0.05) is 43.3 Å². The predicted octanol–water partition coefficient (Wildman–Crippen LogP) is 3.22. The van der Waals surface area contributed by atoms with Crippen LogP contribution in [0.4, 0.5) is 0 Å². The van der Waals surface area contributed by atoms with Gasteiger partial charge in [-0.15, -0.1) is 0 Å². The molecular formula is C18H20N4O3. The van der Waals surface area contributed by atoms with Crippen molar-refractivity contribution in [1.82, 2.24) is 19.9 Å². The number of methoxy groups -OCH3 is 1. The quantitative estimate of drug-likeness (QED) is 0.614. The molecule has 0 aliphatic rings. The third-order valence-corrected chi connectivity index (χ3v) is 3.73. The van der Waals surface area contributed by atoms with Gasteiger partial charge < -0.3 is 9.26 Å². The van der Waals surface area contributed by atoms with E-state index in [1.807, 2.05) is 4.68 Å². The standard InChI is InChI=1S/C18H20N4O3/c1-12(2)9-22-16(11-24-3)15(8-19-22)18-20-17(21-25-18)14-6-4-13(10-23)5-7-14/h4-8,10,12H,9,11H2,1-3H3. The highest BCUT2D eigenvalue weighted by atomic mass is 16.5. The van der Waals surface area contributed by atoms with Crippen LogP contribution in [-0.2, 0) is 17.9 Å². The molecule has 0 unspecified atom stereocenters. The summed E-state index contributed by atoms with van der Waals surface area (Å²) in [5, 5.41) is 8.46. The van der Waals surface area contributed by atoms with Crippen molar-refractivity contribution in [2.75, 3.05) is 7.11 Å². The molecule has 0 amide bonds. The number of carbonyl (C=O) groups is 1. The van der Waals surface area contributed by atoms with Gasteiger partial charge in [0, 0.05) is 24.8 Å². The lowest BCUT2D eigenvalue weighted by Gasteiger charge is -2.09. The largest absolute Gasteiger partial charge is 0.378 e. The molecule has 2 heterocycles. The van der Waals surface area contributed by atoms with Crippen LogP contribution >= 0.6 is 0 Å². The molecule has 0 N–H and O–H groups in total. The van der Waals surface area contributed by atoms with Crippen LogP contribution in [0.3, 0.4) is 0 Å². The number of aromatic nitrogens is 4. The Labute approximate surface area is 145 Å². The summed E-state index contributed by atoms with van der Waals surface area (Å²) in [4.78, 5) is 15.2. The second-order valence-electron chi connectivity index (χ2n) is 6.18. The first-order valence-electron chi connectivity index (χ1n) is 8.05. The molecule has 0 spiro atoms. The molecule has 0 radical (unpaired) electrons. The van der Waals surface area contributed by atoms with Crippen molar-refractivity contribution in [3.63, 3.8) is 0 Å². The number of hydrogen-bond acceptors (Lipinski definition) is 6. The SMILES string of the molecule is COCc1c(-c2nc(-c3ccc(C=O)cc3)no2)cnn1CC(C)C. The van der Waals surface area contributed by atoms with Gasteiger partial charge >= 0.3 is 0 Å². The maximum Gasteiger partial charge on any atom is 0.261 e. The summed E-state index contributed by atoms with van der Waals surface area (Å²) < 4.78 is 12.6. The van der Waals surface area contributed by atoms with E-state index in [2.05, 4.69) is 29.1 Å². The zero-order valence-corrected chi connectivity index (χ0v) is 14.5. The number of hydrogen-bond donors (Lipinski definition) is 0. The highest BCUT2D eigenvalue weighted by molar-refractivity contribution is 5.76. The monoisotopic (exact) mass is 340 g/mol. The summed E-state index contributed by atoms with van der Waals surface area (Å²) in [5.41, 5.74) is 3.06. The molecule has 0 atom stereocenters. The number of carbonyl (C=O) groups excluding carboxylic acids is 1. The average Bonchev–Trinajstić information content (AvgIpc) is 3.23. The van der Waals surface area contributed by atoms with Gasteiger partial charge in [0.05, 0.1) is 24.1 Å². The van der Waals surface area contributed by atoms with Gasteiger partial charge in [-0.25, -0.2) is 0 Å².